The number of fused-ring (bicyclic) bond motifs is 1. The minimum Gasteiger partial charge on any atom is -0.496 e. The van der Waals surface area contributed by atoms with Crippen molar-refractivity contribution in [2.24, 2.45) is 4.99 Å². The first kappa shape index (κ1) is 25.4. The Bertz CT molecular complexity index is 1250. The summed E-state index contributed by atoms with van der Waals surface area (Å²) in [6.45, 7) is 3.65. The van der Waals surface area contributed by atoms with Crippen molar-refractivity contribution >= 4 is 22.8 Å². The number of aliphatic hydroxyl groups is 1. The van der Waals surface area contributed by atoms with Crippen molar-refractivity contribution in [3.8, 4) is 5.75 Å². The Kier molecular flexibility index (Phi) is 7.45. The lowest BCUT2D eigenvalue weighted by Crippen LogP contribution is -2.47. The molecule has 2 N–H and O–H groups in total. The van der Waals surface area contributed by atoms with E-state index >= 15 is 0 Å². The second-order valence-corrected chi connectivity index (χ2v) is 8.06. The number of benzene rings is 2. The van der Waals surface area contributed by atoms with Gasteiger partial charge in [-0.25, -0.2) is 4.39 Å². The van der Waals surface area contributed by atoms with Gasteiger partial charge in [0.25, 0.3) is 0 Å². The van der Waals surface area contributed by atoms with E-state index in [0.717, 1.165) is 17.7 Å². The Hall–Kier alpha value is -3.20. The summed E-state index contributed by atoms with van der Waals surface area (Å²) in [7, 11) is 1.46. The van der Waals surface area contributed by atoms with Crippen LogP contribution in [0, 0.1) is 5.82 Å². The fourth-order valence-corrected chi connectivity index (χ4v) is 4.04. The van der Waals surface area contributed by atoms with E-state index in [1.165, 1.54) is 19.2 Å². The minimum absolute atomic E-state index is 0.0195. The zero-order valence-electron chi connectivity index (χ0n) is 19.0. The van der Waals surface area contributed by atoms with Gasteiger partial charge in [0.05, 0.1) is 18.3 Å². The average molecular weight is 478 g/mol. The molecule has 0 spiro atoms. The Morgan fingerprint density at radius 3 is 2.50 bits per heavy atom. The highest BCUT2D eigenvalue weighted by Gasteiger charge is 2.53. The number of aryl methyl sites for hydroxylation is 1. The normalized spacial score (nSPS) is 14.9. The molecule has 0 aliphatic carbocycles. The Morgan fingerprint density at radius 1 is 1.15 bits per heavy atom. The third-order valence-corrected chi connectivity index (χ3v) is 5.93. The highest BCUT2D eigenvalue weighted by molar-refractivity contribution is 5.92. The summed E-state index contributed by atoms with van der Waals surface area (Å²) >= 11 is 0. The number of aromatic amines is 1. The number of rotatable bonds is 8. The lowest BCUT2D eigenvalue weighted by molar-refractivity contribution is -0.232. The fourth-order valence-electron chi connectivity index (χ4n) is 4.04. The van der Waals surface area contributed by atoms with Crippen LogP contribution in [0.1, 0.15) is 43.7 Å². The van der Waals surface area contributed by atoms with Crippen LogP contribution in [0.25, 0.3) is 10.9 Å². The zero-order chi connectivity index (χ0) is 25.1. The number of hydrogen-bond donors (Lipinski definition) is 2. The predicted octanol–water partition coefficient (Wildman–Crippen LogP) is 5.82. The third-order valence-electron chi connectivity index (χ3n) is 5.93. The van der Waals surface area contributed by atoms with Crippen molar-refractivity contribution < 1.29 is 27.4 Å². The summed E-state index contributed by atoms with van der Waals surface area (Å²) in [4.78, 5) is 17.7. The lowest BCUT2D eigenvalue weighted by Gasteiger charge is -2.31. The number of H-pyrrole nitrogens is 1. The number of ether oxygens (including phenoxy) is 1. The summed E-state index contributed by atoms with van der Waals surface area (Å²) < 4.78 is 61.9. The SMILES string of the molecule is CCc1cccc(C(CC)CC(O)(C=Nc2ccc(F)c3[nH]c(=O)ccc23)C(F)(F)F)c1OC. The molecule has 9 heteroatoms. The molecule has 0 bridgehead atoms. The number of nitrogens with zero attached hydrogens (tertiary/aromatic N) is 1. The van der Waals surface area contributed by atoms with Gasteiger partial charge in [0.15, 0.2) is 5.60 Å². The molecule has 3 aromatic rings. The maximum absolute atomic E-state index is 14.1. The average Bonchev–Trinajstić information content (AvgIpc) is 2.81. The molecule has 2 aromatic carbocycles. The Labute approximate surface area is 194 Å². The number of hydrogen-bond acceptors (Lipinski definition) is 4. The lowest BCUT2D eigenvalue weighted by atomic mass is 9.83. The van der Waals surface area contributed by atoms with Crippen molar-refractivity contribution in [3.63, 3.8) is 0 Å². The van der Waals surface area contributed by atoms with Gasteiger partial charge in [-0.3, -0.25) is 9.79 Å². The molecule has 0 amide bonds. The van der Waals surface area contributed by atoms with Crippen LogP contribution in [0.2, 0.25) is 0 Å². The van der Waals surface area contributed by atoms with Crippen LogP contribution in [0.3, 0.4) is 0 Å². The number of methoxy groups -OCH3 is 1. The van der Waals surface area contributed by atoms with Gasteiger partial charge < -0.3 is 14.8 Å². The zero-order valence-corrected chi connectivity index (χ0v) is 19.0. The highest BCUT2D eigenvalue weighted by atomic mass is 19.4. The van der Waals surface area contributed by atoms with Crippen LogP contribution in [0.5, 0.6) is 5.75 Å². The van der Waals surface area contributed by atoms with Crippen LogP contribution < -0.4 is 10.3 Å². The number of aliphatic imine (C=N–C) groups is 1. The van der Waals surface area contributed by atoms with Gasteiger partial charge in [-0.15, -0.1) is 0 Å². The fraction of sp³-hybridized carbons (Fsp3) is 0.360. The highest BCUT2D eigenvalue weighted by Crippen LogP contribution is 2.42. The van der Waals surface area contributed by atoms with Gasteiger partial charge in [0.1, 0.15) is 11.6 Å². The molecule has 0 aliphatic heterocycles. The number of halogens is 4. The van der Waals surface area contributed by atoms with Gasteiger partial charge in [-0.05, 0) is 54.5 Å². The van der Waals surface area contributed by atoms with E-state index in [9.17, 15) is 27.5 Å². The molecule has 2 unspecified atom stereocenters. The number of nitrogens with one attached hydrogen (secondary N) is 1. The molecule has 0 aliphatic rings. The second-order valence-electron chi connectivity index (χ2n) is 8.06. The summed E-state index contributed by atoms with van der Waals surface area (Å²) in [6.07, 6.45) is -4.31. The standard InChI is InChI=1S/C25H26F4N2O3/c1-4-15-7-6-8-17(23(15)34-3)16(5-2)13-24(33,25(27,28)29)14-30-20-11-10-19(26)22-18(20)9-12-21(32)31-22/h6-12,14,16,33H,4-5,13H2,1-3H3,(H,31,32). The van der Waals surface area contributed by atoms with Crippen LogP contribution in [-0.2, 0) is 6.42 Å². The number of alkyl halides is 3. The molecule has 0 radical (unpaired) electrons. The molecule has 182 valence electrons. The minimum atomic E-state index is -5.02. The van der Waals surface area contributed by atoms with E-state index in [2.05, 4.69) is 9.98 Å². The van der Waals surface area contributed by atoms with Crippen molar-refractivity contribution in [1.82, 2.24) is 4.98 Å². The first-order valence-electron chi connectivity index (χ1n) is 10.9. The molecule has 1 aromatic heterocycles. The molecular weight excluding hydrogens is 452 g/mol. The molecule has 2 atom stereocenters. The van der Waals surface area contributed by atoms with Gasteiger partial charge in [-0.1, -0.05) is 32.0 Å². The maximum Gasteiger partial charge on any atom is 0.422 e. The number of pyridine rings is 1. The first-order chi connectivity index (χ1) is 16.0. The molecule has 5 nitrogen and oxygen atoms in total. The molecule has 0 fully saturated rings. The predicted molar refractivity (Wildman–Crippen MR) is 124 cm³/mol. The quantitative estimate of drug-likeness (QED) is 0.317. The van der Waals surface area contributed by atoms with Gasteiger partial charge in [0.2, 0.25) is 5.56 Å². The monoisotopic (exact) mass is 478 g/mol. The third kappa shape index (κ3) is 4.99. The topological polar surface area (TPSA) is 74.7 Å². The Morgan fingerprint density at radius 2 is 1.88 bits per heavy atom. The molecule has 0 saturated carbocycles. The van der Waals surface area contributed by atoms with E-state index in [0.29, 0.717) is 30.4 Å². The van der Waals surface area contributed by atoms with Gasteiger partial charge >= 0.3 is 6.18 Å². The van der Waals surface area contributed by atoms with Crippen LogP contribution in [0.15, 0.2) is 52.3 Å². The number of para-hydroxylation sites is 1. The smallest absolute Gasteiger partial charge is 0.422 e. The Balaban J connectivity index is 2.05. The summed E-state index contributed by atoms with van der Waals surface area (Å²) in [5.41, 5.74) is -2.59. The van der Waals surface area contributed by atoms with Crippen molar-refractivity contribution in [1.29, 1.82) is 0 Å². The van der Waals surface area contributed by atoms with E-state index in [1.54, 1.807) is 19.1 Å². The van der Waals surface area contributed by atoms with E-state index in [4.69, 9.17) is 4.74 Å². The summed E-state index contributed by atoms with van der Waals surface area (Å²) in [5, 5.41) is 10.9. The van der Waals surface area contributed by atoms with Crippen molar-refractivity contribution in [2.45, 2.75) is 50.8 Å². The first-order valence-corrected chi connectivity index (χ1v) is 10.9. The van der Waals surface area contributed by atoms with Crippen LogP contribution >= 0.6 is 0 Å². The van der Waals surface area contributed by atoms with E-state index in [-0.39, 0.29) is 16.6 Å². The van der Waals surface area contributed by atoms with E-state index < -0.39 is 35.5 Å². The number of aromatic nitrogens is 1. The van der Waals surface area contributed by atoms with Gasteiger partial charge in [0, 0.05) is 17.7 Å². The van der Waals surface area contributed by atoms with Crippen LogP contribution in [-0.4, -0.2) is 35.2 Å². The van der Waals surface area contributed by atoms with Gasteiger partial charge in [-0.2, -0.15) is 13.2 Å². The molecular formula is C25H26F4N2O3. The maximum atomic E-state index is 14.1. The van der Waals surface area contributed by atoms with Crippen molar-refractivity contribution in [3.05, 3.63) is 69.8 Å². The largest absolute Gasteiger partial charge is 0.496 e. The molecule has 3 rings (SSSR count). The molecule has 1 heterocycles. The second kappa shape index (κ2) is 9.97. The summed E-state index contributed by atoms with van der Waals surface area (Å²) in [6, 6.07) is 9.87. The molecule has 34 heavy (non-hydrogen) atoms. The summed E-state index contributed by atoms with van der Waals surface area (Å²) in [5.74, 6) is -0.917. The van der Waals surface area contributed by atoms with Crippen molar-refractivity contribution in [2.75, 3.05) is 7.11 Å². The molecule has 0 saturated heterocycles. The van der Waals surface area contributed by atoms with Crippen LogP contribution in [0.4, 0.5) is 23.2 Å². The van der Waals surface area contributed by atoms with E-state index in [1.807, 2.05) is 13.0 Å².